The molecule has 0 unspecified atom stereocenters. The Kier molecular flexibility index (Phi) is 7.94. The van der Waals surface area contributed by atoms with Crippen LogP contribution in [0.15, 0.2) is 42.5 Å². The van der Waals surface area contributed by atoms with Crippen LogP contribution in [0.4, 0.5) is 4.39 Å². The Labute approximate surface area is 173 Å². The molecule has 1 atom stereocenters. The van der Waals surface area contributed by atoms with E-state index in [2.05, 4.69) is 5.32 Å². The molecule has 0 radical (unpaired) electrons. The summed E-state index contributed by atoms with van der Waals surface area (Å²) < 4.78 is 14.2. The molecule has 0 fully saturated rings. The highest BCUT2D eigenvalue weighted by Crippen LogP contribution is 2.16. The predicted molar refractivity (Wildman–Crippen MR) is 114 cm³/mol. The molecule has 0 saturated carbocycles. The fourth-order valence-corrected chi connectivity index (χ4v) is 3.03. The Bertz CT molecular complexity index is 864. The Morgan fingerprint density at radius 1 is 1.03 bits per heavy atom. The van der Waals surface area contributed by atoms with Gasteiger partial charge in [0.1, 0.15) is 11.9 Å². The molecule has 2 aromatic rings. The standard InChI is InChI=1S/C24H31FN2O2/c1-16(2)14-26-24(29)19(5)27(15-21-8-6-7-9-22(21)25)23(28)13-20-11-10-17(3)18(4)12-20/h6-12,16,19H,13-15H2,1-5H3,(H,26,29)/t19-/m0/s1. The van der Waals surface area contributed by atoms with Gasteiger partial charge in [0.05, 0.1) is 6.42 Å². The van der Waals surface area contributed by atoms with Crippen molar-refractivity contribution in [1.29, 1.82) is 0 Å². The van der Waals surface area contributed by atoms with Crippen molar-refractivity contribution in [3.05, 3.63) is 70.5 Å². The van der Waals surface area contributed by atoms with Gasteiger partial charge >= 0.3 is 0 Å². The van der Waals surface area contributed by atoms with Crippen molar-refractivity contribution in [2.75, 3.05) is 6.54 Å². The molecular formula is C24H31FN2O2. The minimum Gasteiger partial charge on any atom is -0.354 e. The van der Waals surface area contributed by atoms with E-state index in [9.17, 15) is 14.0 Å². The van der Waals surface area contributed by atoms with Gasteiger partial charge in [0, 0.05) is 18.7 Å². The molecule has 4 nitrogen and oxygen atoms in total. The first-order valence-electron chi connectivity index (χ1n) is 10.1. The van der Waals surface area contributed by atoms with Gasteiger partial charge in [-0.1, -0.05) is 50.2 Å². The van der Waals surface area contributed by atoms with Gasteiger partial charge in [0.15, 0.2) is 0 Å². The second-order valence-corrected chi connectivity index (χ2v) is 8.02. The summed E-state index contributed by atoms with van der Waals surface area (Å²) in [5, 5.41) is 2.87. The van der Waals surface area contributed by atoms with Crippen LogP contribution in [0.2, 0.25) is 0 Å². The number of amides is 2. The van der Waals surface area contributed by atoms with E-state index in [1.54, 1.807) is 25.1 Å². The van der Waals surface area contributed by atoms with Crippen molar-refractivity contribution in [1.82, 2.24) is 10.2 Å². The number of hydrogen-bond acceptors (Lipinski definition) is 2. The minimum absolute atomic E-state index is 0.0482. The SMILES string of the molecule is Cc1ccc(CC(=O)N(Cc2ccccc2F)[C@@H](C)C(=O)NCC(C)C)cc1C. The van der Waals surface area contributed by atoms with E-state index in [1.807, 2.05) is 45.9 Å². The topological polar surface area (TPSA) is 49.4 Å². The quantitative estimate of drug-likeness (QED) is 0.725. The number of halogens is 1. The van der Waals surface area contributed by atoms with Gasteiger partial charge in [-0.3, -0.25) is 9.59 Å². The third-order valence-electron chi connectivity index (χ3n) is 5.08. The van der Waals surface area contributed by atoms with Gasteiger partial charge in [-0.2, -0.15) is 0 Å². The molecule has 156 valence electrons. The van der Waals surface area contributed by atoms with Crippen molar-refractivity contribution in [3.63, 3.8) is 0 Å². The molecule has 1 N–H and O–H groups in total. The summed E-state index contributed by atoms with van der Waals surface area (Å²) in [6.45, 7) is 10.3. The van der Waals surface area contributed by atoms with Crippen LogP contribution >= 0.6 is 0 Å². The molecule has 0 aliphatic heterocycles. The minimum atomic E-state index is -0.701. The van der Waals surface area contributed by atoms with Gasteiger partial charge in [-0.25, -0.2) is 4.39 Å². The molecular weight excluding hydrogens is 367 g/mol. The highest BCUT2D eigenvalue weighted by atomic mass is 19.1. The molecule has 0 aliphatic carbocycles. The monoisotopic (exact) mass is 398 g/mol. The van der Waals surface area contributed by atoms with Crippen LogP contribution in [-0.4, -0.2) is 29.3 Å². The number of carbonyl (C=O) groups excluding carboxylic acids is 2. The molecule has 5 heteroatoms. The molecule has 0 heterocycles. The fraction of sp³-hybridized carbons (Fsp3) is 0.417. The summed E-state index contributed by atoms with van der Waals surface area (Å²) >= 11 is 0. The van der Waals surface area contributed by atoms with Crippen molar-refractivity contribution >= 4 is 11.8 Å². The van der Waals surface area contributed by atoms with E-state index >= 15 is 0 Å². The largest absolute Gasteiger partial charge is 0.354 e. The number of rotatable bonds is 8. The second kappa shape index (κ2) is 10.2. The summed E-state index contributed by atoms with van der Waals surface area (Å²) in [4.78, 5) is 27.2. The Morgan fingerprint density at radius 3 is 2.34 bits per heavy atom. The highest BCUT2D eigenvalue weighted by Gasteiger charge is 2.27. The Balaban J connectivity index is 2.24. The van der Waals surface area contributed by atoms with E-state index in [0.717, 1.165) is 16.7 Å². The van der Waals surface area contributed by atoms with E-state index in [0.29, 0.717) is 18.0 Å². The van der Waals surface area contributed by atoms with Crippen LogP contribution in [0.5, 0.6) is 0 Å². The summed E-state index contributed by atoms with van der Waals surface area (Å²) in [7, 11) is 0. The first-order chi connectivity index (χ1) is 13.7. The molecule has 0 aromatic heterocycles. The maximum absolute atomic E-state index is 14.2. The second-order valence-electron chi connectivity index (χ2n) is 8.02. The zero-order chi connectivity index (χ0) is 21.6. The summed E-state index contributed by atoms with van der Waals surface area (Å²) in [5.74, 6) is -0.518. The Hall–Kier alpha value is -2.69. The van der Waals surface area contributed by atoms with Gasteiger partial charge < -0.3 is 10.2 Å². The first-order valence-corrected chi connectivity index (χ1v) is 10.1. The number of benzene rings is 2. The number of carbonyl (C=O) groups is 2. The molecule has 2 aromatic carbocycles. The fourth-order valence-electron chi connectivity index (χ4n) is 3.03. The van der Waals surface area contributed by atoms with Crippen LogP contribution in [0.25, 0.3) is 0 Å². The third-order valence-corrected chi connectivity index (χ3v) is 5.08. The van der Waals surface area contributed by atoms with E-state index in [1.165, 1.54) is 11.0 Å². The lowest BCUT2D eigenvalue weighted by Crippen LogP contribution is -2.48. The number of aryl methyl sites for hydroxylation is 2. The van der Waals surface area contributed by atoms with E-state index in [4.69, 9.17) is 0 Å². The normalized spacial score (nSPS) is 12.0. The average molecular weight is 399 g/mol. The molecule has 29 heavy (non-hydrogen) atoms. The molecule has 0 saturated heterocycles. The molecule has 0 bridgehead atoms. The van der Waals surface area contributed by atoms with Crippen LogP contribution in [0.1, 0.15) is 43.0 Å². The first kappa shape index (κ1) is 22.6. The summed E-state index contributed by atoms with van der Waals surface area (Å²) in [6, 6.07) is 11.5. The molecule has 0 aliphatic rings. The predicted octanol–water partition coefficient (Wildman–Crippen LogP) is 4.17. The van der Waals surface area contributed by atoms with E-state index < -0.39 is 6.04 Å². The number of hydrogen-bond donors (Lipinski definition) is 1. The number of nitrogens with one attached hydrogen (secondary N) is 1. The third kappa shape index (κ3) is 6.41. The summed E-state index contributed by atoms with van der Waals surface area (Å²) in [6.07, 6.45) is 0.164. The molecule has 2 rings (SSSR count). The molecule has 2 amide bonds. The van der Waals surface area contributed by atoms with Gasteiger partial charge in [0.2, 0.25) is 11.8 Å². The van der Waals surface area contributed by atoms with E-state index in [-0.39, 0.29) is 30.6 Å². The number of nitrogens with zero attached hydrogens (tertiary/aromatic N) is 1. The van der Waals surface area contributed by atoms with Gasteiger partial charge in [0.25, 0.3) is 0 Å². The van der Waals surface area contributed by atoms with Crippen LogP contribution in [0.3, 0.4) is 0 Å². The Morgan fingerprint density at radius 2 is 1.72 bits per heavy atom. The van der Waals surface area contributed by atoms with Crippen LogP contribution in [0, 0.1) is 25.6 Å². The van der Waals surface area contributed by atoms with Crippen molar-refractivity contribution in [2.45, 2.75) is 53.6 Å². The van der Waals surface area contributed by atoms with Crippen LogP contribution in [-0.2, 0) is 22.6 Å². The summed E-state index contributed by atoms with van der Waals surface area (Å²) in [5.41, 5.74) is 3.54. The lowest BCUT2D eigenvalue weighted by Gasteiger charge is -2.29. The van der Waals surface area contributed by atoms with Crippen molar-refractivity contribution < 1.29 is 14.0 Å². The van der Waals surface area contributed by atoms with Crippen molar-refractivity contribution in [2.24, 2.45) is 5.92 Å². The highest BCUT2D eigenvalue weighted by molar-refractivity contribution is 5.88. The average Bonchev–Trinajstić information content (AvgIpc) is 2.67. The zero-order valence-corrected chi connectivity index (χ0v) is 18.0. The lowest BCUT2D eigenvalue weighted by atomic mass is 10.0. The van der Waals surface area contributed by atoms with Gasteiger partial charge in [-0.05, 0) is 49.4 Å². The maximum Gasteiger partial charge on any atom is 0.242 e. The lowest BCUT2D eigenvalue weighted by molar-refractivity contribution is -0.140. The van der Waals surface area contributed by atoms with Crippen LogP contribution < -0.4 is 5.32 Å². The van der Waals surface area contributed by atoms with Gasteiger partial charge in [-0.15, -0.1) is 0 Å². The zero-order valence-electron chi connectivity index (χ0n) is 18.0. The maximum atomic E-state index is 14.2. The van der Waals surface area contributed by atoms with Crippen molar-refractivity contribution in [3.8, 4) is 0 Å². The molecule has 0 spiro atoms. The smallest absolute Gasteiger partial charge is 0.242 e.